The van der Waals surface area contributed by atoms with E-state index >= 15 is 0 Å². The van der Waals surface area contributed by atoms with Gasteiger partial charge in [0.2, 0.25) is 11.0 Å². The molecule has 2 rings (SSSR count). The Balaban J connectivity index is 1.98. The van der Waals surface area contributed by atoms with Crippen molar-refractivity contribution in [3.63, 3.8) is 0 Å². The van der Waals surface area contributed by atoms with E-state index in [0.717, 1.165) is 5.01 Å². The van der Waals surface area contributed by atoms with Crippen LogP contribution in [0.5, 0.6) is 0 Å². The lowest BCUT2D eigenvalue weighted by molar-refractivity contribution is -0.113. The maximum Gasteiger partial charge on any atom is 0.235 e. The number of aromatic nitrogens is 2. The molecule has 1 aliphatic rings. The second kappa shape index (κ2) is 5.63. The molecule has 6 heteroatoms. The minimum atomic E-state index is -0.130. The summed E-state index contributed by atoms with van der Waals surface area (Å²) in [5.74, 6) is 0.598. The van der Waals surface area contributed by atoms with Gasteiger partial charge in [-0.15, -0.1) is 10.2 Å². The number of hydrogen-bond donors (Lipinski definition) is 2. The second-order valence-corrected chi connectivity index (χ2v) is 5.31. The second-order valence-electron chi connectivity index (χ2n) is 3.99. The molecule has 0 radical (unpaired) electrons. The molecule has 1 amide bonds. The van der Waals surface area contributed by atoms with E-state index < -0.39 is 0 Å². The summed E-state index contributed by atoms with van der Waals surface area (Å²) in [5.41, 5.74) is 0. The van der Waals surface area contributed by atoms with Crippen molar-refractivity contribution in [2.75, 3.05) is 11.1 Å². The van der Waals surface area contributed by atoms with Crippen molar-refractivity contribution >= 4 is 35.0 Å². The minimum Gasteiger partial charge on any atom is -0.300 e. The summed E-state index contributed by atoms with van der Waals surface area (Å²) in [6.07, 6.45) is 6.30. The molecule has 0 bridgehead atoms. The smallest absolute Gasteiger partial charge is 0.235 e. The van der Waals surface area contributed by atoms with Crippen LogP contribution in [0.15, 0.2) is 0 Å². The van der Waals surface area contributed by atoms with Crippen LogP contribution in [-0.2, 0) is 4.79 Å². The lowest BCUT2D eigenvalue weighted by atomic mass is 9.90. The van der Waals surface area contributed by atoms with E-state index in [1.54, 1.807) is 0 Å². The van der Waals surface area contributed by atoms with Gasteiger partial charge in [0.1, 0.15) is 5.01 Å². The monoisotopic (exact) mass is 257 g/mol. The Morgan fingerprint density at radius 1 is 1.38 bits per heavy atom. The van der Waals surface area contributed by atoms with Crippen molar-refractivity contribution in [1.29, 1.82) is 0 Å². The predicted octanol–water partition coefficient (Wildman–Crippen LogP) is 2.45. The summed E-state index contributed by atoms with van der Waals surface area (Å²) < 4.78 is 0. The van der Waals surface area contributed by atoms with Crippen LogP contribution < -0.4 is 5.32 Å². The van der Waals surface area contributed by atoms with Gasteiger partial charge in [-0.2, -0.15) is 12.6 Å². The Kier molecular flexibility index (Phi) is 4.17. The van der Waals surface area contributed by atoms with Gasteiger partial charge in [0.15, 0.2) is 0 Å². The summed E-state index contributed by atoms with van der Waals surface area (Å²) in [7, 11) is 0. The Morgan fingerprint density at radius 2 is 2.12 bits per heavy atom. The normalized spacial score (nSPS) is 17.3. The molecular formula is C10H15N3OS2. The van der Waals surface area contributed by atoms with E-state index in [1.165, 1.54) is 43.4 Å². The van der Waals surface area contributed by atoms with Crippen LogP contribution in [0.25, 0.3) is 0 Å². The molecule has 4 nitrogen and oxygen atoms in total. The Hall–Kier alpha value is -0.620. The summed E-state index contributed by atoms with van der Waals surface area (Å²) in [5, 5.41) is 12.5. The van der Waals surface area contributed by atoms with E-state index in [0.29, 0.717) is 11.0 Å². The fourth-order valence-electron chi connectivity index (χ4n) is 1.96. The molecule has 1 N–H and O–H groups in total. The predicted molar refractivity (Wildman–Crippen MR) is 68.2 cm³/mol. The molecule has 1 fully saturated rings. The lowest BCUT2D eigenvalue weighted by Gasteiger charge is -2.18. The van der Waals surface area contributed by atoms with Crippen molar-refractivity contribution in [3.05, 3.63) is 5.01 Å². The molecule has 1 aliphatic carbocycles. The van der Waals surface area contributed by atoms with E-state index in [4.69, 9.17) is 0 Å². The van der Waals surface area contributed by atoms with E-state index in [-0.39, 0.29) is 11.7 Å². The third kappa shape index (κ3) is 2.95. The molecule has 1 aromatic rings. The molecule has 1 saturated carbocycles. The molecule has 0 aromatic carbocycles. The Labute approximate surface area is 104 Å². The number of amides is 1. The third-order valence-electron chi connectivity index (χ3n) is 2.78. The van der Waals surface area contributed by atoms with Gasteiger partial charge >= 0.3 is 0 Å². The summed E-state index contributed by atoms with van der Waals surface area (Å²) in [6.45, 7) is 0. The number of carbonyl (C=O) groups is 1. The third-order valence-corrected chi connectivity index (χ3v) is 4.07. The largest absolute Gasteiger partial charge is 0.300 e. The molecule has 1 aromatic heterocycles. The standard InChI is InChI=1S/C10H15N3OS2/c14-8(6-15)11-10-13-12-9(16-10)7-4-2-1-3-5-7/h7,15H,1-6H2,(H,11,13,14). The number of rotatable bonds is 3. The molecule has 0 saturated heterocycles. The molecule has 16 heavy (non-hydrogen) atoms. The van der Waals surface area contributed by atoms with Crippen molar-refractivity contribution < 1.29 is 4.79 Å². The molecule has 0 aliphatic heterocycles. The first kappa shape index (κ1) is 11.9. The highest BCUT2D eigenvalue weighted by Gasteiger charge is 2.19. The van der Waals surface area contributed by atoms with Crippen molar-refractivity contribution in [3.8, 4) is 0 Å². The van der Waals surface area contributed by atoms with Gasteiger partial charge in [-0.05, 0) is 12.8 Å². The first-order valence-corrected chi connectivity index (χ1v) is 6.98. The van der Waals surface area contributed by atoms with E-state index in [2.05, 4.69) is 28.1 Å². The minimum absolute atomic E-state index is 0.130. The number of thiol groups is 1. The van der Waals surface area contributed by atoms with Gasteiger partial charge in [-0.1, -0.05) is 30.6 Å². The van der Waals surface area contributed by atoms with Crippen LogP contribution in [0.4, 0.5) is 5.13 Å². The molecular weight excluding hydrogens is 242 g/mol. The fraction of sp³-hybridized carbons (Fsp3) is 0.700. The summed E-state index contributed by atoms with van der Waals surface area (Å²) in [6, 6.07) is 0. The number of carbonyl (C=O) groups excluding carboxylic acids is 1. The topological polar surface area (TPSA) is 54.9 Å². The van der Waals surface area contributed by atoms with Crippen LogP contribution >= 0.6 is 24.0 Å². The first-order chi connectivity index (χ1) is 7.79. The van der Waals surface area contributed by atoms with Crippen LogP contribution in [0.3, 0.4) is 0 Å². The molecule has 0 atom stereocenters. The van der Waals surface area contributed by atoms with Gasteiger partial charge in [-0.25, -0.2) is 0 Å². The van der Waals surface area contributed by atoms with Crippen LogP contribution in [0.1, 0.15) is 43.0 Å². The zero-order valence-corrected chi connectivity index (χ0v) is 10.7. The van der Waals surface area contributed by atoms with Crippen LogP contribution in [0.2, 0.25) is 0 Å². The number of hydrogen-bond acceptors (Lipinski definition) is 5. The zero-order valence-electron chi connectivity index (χ0n) is 8.98. The van der Waals surface area contributed by atoms with Gasteiger partial charge in [-0.3, -0.25) is 10.1 Å². The maximum atomic E-state index is 11.1. The fourth-order valence-corrected chi connectivity index (χ4v) is 2.97. The molecule has 1 heterocycles. The molecule has 0 spiro atoms. The molecule has 0 unspecified atom stereocenters. The van der Waals surface area contributed by atoms with E-state index in [1.807, 2.05) is 0 Å². The van der Waals surface area contributed by atoms with Gasteiger partial charge in [0, 0.05) is 5.92 Å². The summed E-state index contributed by atoms with van der Waals surface area (Å²) >= 11 is 5.39. The molecule has 88 valence electrons. The van der Waals surface area contributed by atoms with Crippen molar-refractivity contribution in [2.24, 2.45) is 0 Å². The number of anilines is 1. The number of nitrogens with zero attached hydrogens (tertiary/aromatic N) is 2. The van der Waals surface area contributed by atoms with Crippen LogP contribution in [0, 0.1) is 0 Å². The van der Waals surface area contributed by atoms with Gasteiger partial charge < -0.3 is 0 Å². The van der Waals surface area contributed by atoms with Crippen LogP contribution in [-0.4, -0.2) is 21.9 Å². The average molecular weight is 257 g/mol. The van der Waals surface area contributed by atoms with Crippen molar-refractivity contribution in [1.82, 2.24) is 10.2 Å². The quantitative estimate of drug-likeness (QED) is 0.818. The van der Waals surface area contributed by atoms with Crippen molar-refractivity contribution in [2.45, 2.75) is 38.0 Å². The highest BCUT2D eigenvalue weighted by molar-refractivity contribution is 7.81. The number of nitrogens with one attached hydrogen (secondary N) is 1. The first-order valence-electron chi connectivity index (χ1n) is 5.53. The highest BCUT2D eigenvalue weighted by Crippen LogP contribution is 2.34. The van der Waals surface area contributed by atoms with Gasteiger partial charge in [0.05, 0.1) is 5.75 Å². The highest BCUT2D eigenvalue weighted by atomic mass is 32.1. The average Bonchev–Trinajstić information content (AvgIpc) is 2.78. The van der Waals surface area contributed by atoms with Gasteiger partial charge in [0.25, 0.3) is 0 Å². The SMILES string of the molecule is O=C(CS)Nc1nnc(C2CCCCC2)s1. The zero-order chi connectivity index (χ0) is 11.4. The van der Waals surface area contributed by atoms with E-state index in [9.17, 15) is 4.79 Å². The Morgan fingerprint density at radius 3 is 2.81 bits per heavy atom. The Bertz CT molecular complexity index is 361. The lowest BCUT2D eigenvalue weighted by Crippen LogP contribution is -2.12. The maximum absolute atomic E-state index is 11.1. The summed E-state index contributed by atoms with van der Waals surface area (Å²) in [4.78, 5) is 11.1.